The van der Waals surface area contributed by atoms with Crippen LogP contribution in [0.2, 0.25) is 0 Å². The van der Waals surface area contributed by atoms with Crippen molar-refractivity contribution >= 4 is 23.5 Å². The molecule has 1 N–H and O–H groups in total. The van der Waals surface area contributed by atoms with E-state index in [1.54, 1.807) is 18.0 Å². The maximum Gasteiger partial charge on any atom is 0.0841 e. The molecule has 0 aliphatic heterocycles. The number of aliphatic hydroxyl groups is 1. The molecule has 0 radical (unpaired) electrons. The van der Waals surface area contributed by atoms with Crippen molar-refractivity contribution in [3.05, 3.63) is 11.9 Å². The monoisotopic (exact) mass is 190 g/mol. The first kappa shape index (κ1) is 8.96. The molecule has 3 nitrogen and oxygen atoms in total. The SMILES string of the molecule is CC(CO)SCc1cnsn1. The molecule has 1 unspecified atom stereocenters. The minimum absolute atomic E-state index is 0.224. The lowest BCUT2D eigenvalue weighted by atomic mass is 10.5. The van der Waals surface area contributed by atoms with Crippen LogP contribution in [0, 0.1) is 0 Å². The molecule has 1 atom stereocenters. The number of thioether (sulfide) groups is 1. The third-order valence-corrected chi connectivity index (χ3v) is 2.88. The molecular weight excluding hydrogens is 180 g/mol. The molecule has 1 rings (SSSR count). The topological polar surface area (TPSA) is 46.0 Å². The average Bonchev–Trinajstić information content (AvgIpc) is 2.52. The highest BCUT2D eigenvalue weighted by Crippen LogP contribution is 2.15. The van der Waals surface area contributed by atoms with Gasteiger partial charge in [-0.25, -0.2) is 0 Å². The van der Waals surface area contributed by atoms with Gasteiger partial charge in [-0.2, -0.15) is 8.75 Å². The first-order chi connectivity index (χ1) is 5.33. The second-order valence-electron chi connectivity index (χ2n) is 2.20. The Balaban J connectivity index is 2.23. The molecule has 5 heteroatoms. The maximum absolute atomic E-state index is 8.71. The molecule has 0 bridgehead atoms. The molecule has 0 saturated carbocycles. The van der Waals surface area contributed by atoms with Gasteiger partial charge in [0.2, 0.25) is 0 Å². The molecule has 0 fully saturated rings. The zero-order valence-electron chi connectivity index (χ0n) is 6.23. The van der Waals surface area contributed by atoms with Crippen molar-refractivity contribution in [2.75, 3.05) is 6.61 Å². The van der Waals surface area contributed by atoms with Gasteiger partial charge < -0.3 is 5.11 Å². The Morgan fingerprint density at radius 1 is 1.82 bits per heavy atom. The highest BCUT2D eigenvalue weighted by Gasteiger charge is 2.02. The highest BCUT2D eigenvalue weighted by molar-refractivity contribution is 7.99. The fraction of sp³-hybridized carbons (Fsp3) is 0.667. The second kappa shape index (κ2) is 4.69. The summed E-state index contributed by atoms with van der Waals surface area (Å²) in [6, 6.07) is 0. The minimum Gasteiger partial charge on any atom is -0.395 e. The molecule has 1 heterocycles. The molecule has 0 aliphatic rings. The van der Waals surface area contributed by atoms with Crippen LogP contribution >= 0.6 is 23.5 Å². The molecule has 0 aromatic carbocycles. The summed E-state index contributed by atoms with van der Waals surface area (Å²) in [6.45, 7) is 2.21. The average molecular weight is 190 g/mol. The van der Waals surface area contributed by atoms with Crippen LogP contribution in [0.25, 0.3) is 0 Å². The van der Waals surface area contributed by atoms with Crippen molar-refractivity contribution in [1.29, 1.82) is 0 Å². The normalized spacial score (nSPS) is 13.3. The molecule has 1 aromatic heterocycles. The molecule has 62 valence electrons. The zero-order valence-corrected chi connectivity index (χ0v) is 7.86. The van der Waals surface area contributed by atoms with Crippen molar-refractivity contribution in [3.8, 4) is 0 Å². The van der Waals surface area contributed by atoms with Crippen LogP contribution in [-0.4, -0.2) is 25.7 Å². The molecule has 0 saturated heterocycles. The molecular formula is C6H10N2OS2. The quantitative estimate of drug-likeness (QED) is 0.773. The van der Waals surface area contributed by atoms with E-state index in [2.05, 4.69) is 8.75 Å². The van der Waals surface area contributed by atoms with E-state index >= 15 is 0 Å². The number of rotatable bonds is 4. The third kappa shape index (κ3) is 3.18. The summed E-state index contributed by atoms with van der Waals surface area (Å²) in [5.41, 5.74) is 1.00. The highest BCUT2D eigenvalue weighted by atomic mass is 32.2. The van der Waals surface area contributed by atoms with Crippen molar-refractivity contribution in [3.63, 3.8) is 0 Å². The Kier molecular flexibility index (Phi) is 3.82. The predicted molar refractivity (Wildman–Crippen MR) is 47.8 cm³/mol. The van der Waals surface area contributed by atoms with E-state index in [1.807, 2.05) is 6.92 Å². The largest absolute Gasteiger partial charge is 0.395 e. The van der Waals surface area contributed by atoms with E-state index < -0.39 is 0 Å². The van der Waals surface area contributed by atoms with Gasteiger partial charge in [0, 0.05) is 11.0 Å². The van der Waals surface area contributed by atoms with Gasteiger partial charge in [0.15, 0.2) is 0 Å². The third-order valence-electron chi connectivity index (χ3n) is 1.18. The van der Waals surface area contributed by atoms with Crippen molar-refractivity contribution in [2.45, 2.75) is 17.9 Å². The molecule has 0 amide bonds. The molecule has 0 aliphatic carbocycles. The van der Waals surface area contributed by atoms with Crippen LogP contribution in [0.5, 0.6) is 0 Å². The first-order valence-electron chi connectivity index (χ1n) is 3.32. The zero-order chi connectivity index (χ0) is 8.10. The Morgan fingerprint density at radius 2 is 2.64 bits per heavy atom. The Bertz CT molecular complexity index is 190. The van der Waals surface area contributed by atoms with Gasteiger partial charge >= 0.3 is 0 Å². The van der Waals surface area contributed by atoms with Gasteiger partial charge in [-0.3, -0.25) is 0 Å². The number of hydrogen-bond acceptors (Lipinski definition) is 5. The Morgan fingerprint density at radius 3 is 3.18 bits per heavy atom. The van der Waals surface area contributed by atoms with Crippen LogP contribution in [0.1, 0.15) is 12.6 Å². The summed E-state index contributed by atoms with van der Waals surface area (Å²) in [5, 5.41) is 9.00. The van der Waals surface area contributed by atoms with Crippen molar-refractivity contribution in [2.24, 2.45) is 0 Å². The van der Waals surface area contributed by atoms with Crippen LogP contribution < -0.4 is 0 Å². The molecule has 1 aromatic rings. The lowest BCUT2D eigenvalue weighted by Gasteiger charge is -2.03. The number of nitrogens with zero attached hydrogens (tertiary/aromatic N) is 2. The predicted octanol–water partition coefficient (Wildman–Crippen LogP) is 1.15. The number of hydrogen-bond donors (Lipinski definition) is 1. The van der Waals surface area contributed by atoms with Gasteiger partial charge in [-0.05, 0) is 0 Å². The van der Waals surface area contributed by atoms with Gasteiger partial charge in [0.25, 0.3) is 0 Å². The molecule has 11 heavy (non-hydrogen) atoms. The van der Waals surface area contributed by atoms with Gasteiger partial charge in [0.1, 0.15) is 0 Å². The van der Waals surface area contributed by atoms with Crippen LogP contribution in [0.15, 0.2) is 6.20 Å². The first-order valence-corrected chi connectivity index (χ1v) is 5.09. The Hall–Kier alpha value is -0.130. The van der Waals surface area contributed by atoms with E-state index in [0.717, 1.165) is 11.4 Å². The van der Waals surface area contributed by atoms with Crippen molar-refractivity contribution in [1.82, 2.24) is 8.75 Å². The van der Waals surface area contributed by atoms with E-state index in [9.17, 15) is 0 Å². The Labute approximate surface area is 74.2 Å². The fourth-order valence-electron chi connectivity index (χ4n) is 0.528. The van der Waals surface area contributed by atoms with Gasteiger partial charge in [-0.15, -0.1) is 11.8 Å². The van der Waals surface area contributed by atoms with E-state index in [-0.39, 0.29) is 11.9 Å². The van der Waals surface area contributed by atoms with Gasteiger partial charge in [0.05, 0.1) is 30.2 Å². The fourth-order valence-corrected chi connectivity index (χ4v) is 1.74. The summed E-state index contributed by atoms with van der Waals surface area (Å²) in [6.07, 6.45) is 1.77. The summed E-state index contributed by atoms with van der Waals surface area (Å²) in [7, 11) is 0. The summed E-state index contributed by atoms with van der Waals surface area (Å²) in [5.74, 6) is 0.845. The maximum atomic E-state index is 8.71. The lowest BCUT2D eigenvalue weighted by molar-refractivity contribution is 0.300. The summed E-state index contributed by atoms with van der Waals surface area (Å²) < 4.78 is 7.93. The minimum atomic E-state index is 0.224. The number of aromatic nitrogens is 2. The van der Waals surface area contributed by atoms with Crippen LogP contribution in [0.4, 0.5) is 0 Å². The standard InChI is InChI=1S/C6H10N2OS2/c1-5(3-9)10-4-6-2-7-11-8-6/h2,5,9H,3-4H2,1H3. The van der Waals surface area contributed by atoms with Crippen molar-refractivity contribution < 1.29 is 5.11 Å². The lowest BCUT2D eigenvalue weighted by Crippen LogP contribution is -2.02. The summed E-state index contributed by atoms with van der Waals surface area (Å²) >= 11 is 2.91. The smallest absolute Gasteiger partial charge is 0.0841 e. The van der Waals surface area contributed by atoms with Crippen LogP contribution in [-0.2, 0) is 5.75 Å². The molecule has 0 spiro atoms. The summed E-state index contributed by atoms with van der Waals surface area (Å²) in [4.78, 5) is 0. The van der Waals surface area contributed by atoms with E-state index in [0.29, 0.717) is 0 Å². The number of aliphatic hydroxyl groups excluding tert-OH is 1. The second-order valence-corrected chi connectivity index (χ2v) is 4.19. The van der Waals surface area contributed by atoms with E-state index in [4.69, 9.17) is 5.11 Å². The van der Waals surface area contributed by atoms with Gasteiger partial charge in [-0.1, -0.05) is 6.92 Å². The van der Waals surface area contributed by atoms with Crippen LogP contribution in [0.3, 0.4) is 0 Å². The van der Waals surface area contributed by atoms with E-state index in [1.165, 1.54) is 11.7 Å².